The van der Waals surface area contributed by atoms with Gasteiger partial charge < -0.3 is 25.0 Å². The average molecular weight is 455 g/mol. The summed E-state index contributed by atoms with van der Waals surface area (Å²) in [5, 5.41) is 23.5. The molecular weight excluding hydrogens is 436 g/mol. The zero-order chi connectivity index (χ0) is 23.7. The molecule has 0 saturated heterocycles. The van der Waals surface area contributed by atoms with Gasteiger partial charge in [0.05, 0.1) is 6.54 Å². The Morgan fingerprint density at radius 3 is 2.18 bits per heavy atom. The van der Waals surface area contributed by atoms with Crippen molar-refractivity contribution in [2.75, 3.05) is 6.54 Å². The molecule has 4 rings (SSSR count). The molecule has 0 saturated carbocycles. The van der Waals surface area contributed by atoms with Gasteiger partial charge in [-0.1, -0.05) is 24.3 Å². The summed E-state index contributed by atoms with van der Waals surface area (Å²) in [5.74, 6) is -3.39. The second-order valence-electron chi connectivity index (χ2n) is 7.58. The topological polar surface area (TPSA) is 112 Å². The summed E-state index contributed by atoms with van der Waals surface area (Å²) in [7, 11) is 0. The SMILES string of the molecule is O=C(NCc1ccc(F)cc1)c1cn2c(c(O)c1=O)C(=O)N(Cc1ccc(F)cc1)CC2O. The Labute approximate surface area is 186 Å². The molecule has 0 bridgehead atoms. The third-order valence-corrected chi connectivity index (χ3v) is 5.30. The third kappa shape index (κ3) is 4.46. The number of fused-ring (bicyclic) bond motifs is 1. The molecule has 3 aromatic rings. The van der Waals surface area contributed by atoms with Crippen LogP contribution in [0.1, 0.15) is 38.2 Å². The highest BCUT2D eigenvalue weighted by Gasteiger charge is 2.34. The van der Waals surface area contributed by atoms with Gasteiger partial charge >= 0.3 is 0 Å². The Morgan fingerprint density at radius 1 is 1.00 bits per heavy atom. The standard InChI is InChI=1S/C23H19F2N3O5/c24-15-5-1-13(2-6-15)9-26-22(32)17-11-28-18(29)12-27(10-14-3-7-16(25)8-4-14)23(33)19(28)21(31)20(17)30/h1-8,11,18,29,31H,9-10,12H2,(H,26,32). The first-order valence-electron chi connectivity index (χ1n) is 9.97. The van der Waals surface area contributed by atoms with Gasteiger partial charge in [0.15, 0.2) is 11.4 Å². The number of aliphatic hydroxyl groups excluding tert-OH is 1. The first kappa shape index (κ1) is 22.2. The van der Waals surface area contributed by atoms with Crippen molar-refractivity contribution in [3.05, 3.63) is 99.0 Å². The minimum atomic E-state index is -1.34. The van der Waals surface area contributed by atoms with Gasteiger partial charge in [0.2, 0.25) is 5.43 Å². The predicted octanol–water partition coefficient (Wildman–Crippen LogP) is 1.91. The van der Waals surface area contributed by atoms with Crippen molar-refractivity contribution in [3.63, 3.8) is 0 Å². The van der Waals surface area contributed by atoms with Crippen molar-refractivity contribution in [2.24, 2.45) is 0 Å². The Bertz CT molecular complexity index is 1270. The molecule has 8 nitrogen and oxygen atoms in total. The fraction of sp³-hybridized carbons (Fsp3) is 0.174. The second-order valence-corrected chi connectivity index (χ2v) is 7.58. The van der Waals surface area contributed by atoms with Crippen LogP contribution in [0.15, 0.2) is 59.5 Å². The van der Waals surface area contributed by atoms with E-state index in [-0.39, 0.29) is 19.6 Å². The third-order valence-electron chi connectivity index (χ3n) is 5.30. The predicted molar refractivity (Wildman–Crippen MR) is 112 cm³/mol. The number of nitrogens with one attached hydrogen (secondary N) is 1. The summed E-state index contributed by atoms with van der Waals surface area (Å²) in [5.41, 5.74) is -0.808. The van der Waals surface area contributed by atoms with Crippen molar-refractivity contribution in [1.82, 2.24) is 14.8 Å². The van der Waals surface area contributed by atoms with E-state index in [4.69, 9.17) is 0 Å². The number of aromatic nitrogens is 1. The van der Waals surface area contributed by atoms with Crippen LogP contribution < -0.4 is 10.7 Å². The highest BCUT2D eigenvalue weighted by atomic mass is 19.1. The van der Waals surface area contributed by atoms with Crippen molar-refractivity contribution in [3.8, 4) is 5.75 Å². The largest absolute Gasteiger partial charge is 0.503 e. The van der Waals surface area contributed by atoms with Crippen molar-refractivity contribution >= 4 is 11.8 Å². The average Bonchev–Trinajstić information content (AvgIpc) is 2.80. The molecule has 1 aliphatic heterocycles. The summed E-state index contributed by atoms with van der Waals surface area (Å²) in [6.45, 7) is -0.167. The Kier molecular flexibility index (Phi) is 5.93. The van der Waals surface area contributed by atoms with E-state index in [9.17, 15) is 33.4 Å². The van der Waals surface area contributed by atoms with E-state index in [0.29, 0.717) is 11.1 Å². The van der Waals surface area contributed by atoms with Crippen LogP contribution in [0.2, 0.25) is 0 Å². The highest BCUT2D eigenvalue weighted by molar-refractivity contribution is 5.99. The van der Waals surface area contributed by atoms with Gasteiger partial charge in [-0.15, -0.1) is 0 Å². The molecule has 1 atom stereocenters. The first-order chi connectivity index (χ1) is 15.7. The first-order valence-corrected chi connectivity index (χ1v) is 9.97. The number of pyridine rings is 1. The number of aromatic hydroxyl groups is 1. The van der Waals surface area contributed by atoms with Crippen LogP contribution in [0.3, 0.4) is 0 Å². The zero-order valence-corrected chi connectivity index (χ0v) is 17.2. The highest BCUT2D eigenvalue weighted by Crippen LogP contribution is 2.26. The molecule has 2 aromatic carbocycles. The van der Waals surface area contributed by atoms with Gasteiger partial charge in [-0.2, -0.15) is 0 Å². The number of halogens is 2. The number of rotatable bonds is 5. The lowest BCUT2D eigenvalue weighted by Gasteiger charge is -2.34. The Hall–Kier alpha value is -4.05. The number of β-amino-alcohol motifs (C(OH)–C–C–N with tert-alkyl or cyclic N) is 1. The molecule has 0 aliphatic carbocycles. The van der Waals surface area contributed by atoms with Crippen LogP contribution in [0.5, 0.6) is 5.75 Å². The molecule has 1 aliphatic rings. The lowest BCUT2D eigenvalue weighted by atomic mass is 10.1. The van der Waals surface area contributed by atoms with Crippen molar-refractivity contribution in [1.29, 1.82) is 0 Å². The van der Waals surface area contributed by atoms with Crippen molar-refractivity contribution in [2.45, 2.75) is 19.3 Å². The summed E-state index contributed by atoms with van der Waals surface area (Å²) in [6, 6.07) is 10.8. The molecule has 33 heavy (non-hydrogen) atoms. The summed E-state index contributed by atoms with van der Waals surface area (Å²) in [6.07, 6.45) is -0.317. The maximum atomic E-state index is 13.1. The molecule has 170 valence electrons. The van der Waals surface area contributed by atoms with Gasteiger partial charge in [0.1, 0.15) is 23.4 Å². The molecule has 2 heterocycles. The van der Waals surface area contributed by atoms with E-state index in [1.54, 1.807) is 0 Å². The van der Waals surface area contributed by atoms with E-state index >= 15 is 0 Å². The monoisotopic (exact) mass is 455 g/mol. The van der Waals surface area contributed by atoms with E-state index < -0.39 is 52.1 Å². The number of hydrogen-bond acceptors (Lipinski definition) is 5. The van der Waals surface area contributed by atoms with Crippen LogP contribution in [-0.2, 0) is 13.1 Å². The summed E-state index contributed by atoms with van der Waals surface area (Å²) < 4.78 is 27.1. The van der Waals surface area contributed by atoms with Gasteiger partial charge in [0, 0.05) is 19.3 Å². The maximum Gasteiger partial charge on any atom is 0.275 e. The van der Waals surface area contributed by atoms with E-state index in [1.807, 2.05) is 0 Å². The number of carbonyl (C=O) groups is 2. The minimum Gasteiger partial charge on any atom is -0.503 e. The number of benzene rings is 2. The molecule has 1 unspecified atom stereocenters. The van der Waals surface area contributed by atoms with Gasteiger partial charge in [-0.25, -0.2) is 8.78 Å². The number of hydrogen-bond donors (Lipinski definition) is 3. The number of nitrogens with zero attached hydrogens (tertiary/aromatic N) is 2. The van der Waals surface area contributed by atoms with E-state index in [1.165, 1.54) is 53.4 Å². The van der Waals surface area contributed by atoms with Gasteiger partial charge in [0.25, 0.3) is 11.8 Å². The molecule has 0 spiro atoms. The molecule has 10 heteroatoms. The van der Waals surface area contributed by atoms with Gasteiger partial charge in [-0.05, 0) is 35.4 Å². The van der Waals surface area contributed by atoms with Crippen LogP contribution in [0, 0.1) is 11.6 Å². The molecule has 1 aromatic heterocycles. The summed E-state index contributed by atoms with van der Waals surface area (Å²) in [4.78, 5) is 39.3. The van der Waals surface area contributed by atoms with E-state index in [2.05, 4.69) is 5.32 Å². The zero-order valence-electron chi connectivity index (χ0n) is 17.2. The molecule has 0 fully saturated rings. The smallest absolute Gasteiger partial charge is 0.275 e. The lowest BCUT2D eigenvalue weighted by molar-refractivity contribution is 0.0221. The lowest BCUT2D eigenvalue weighted by Crippen LogP contribution is -2.44. The van der Waals surface area contributed by atoms with Crippen molar-refractivity contribution < 1.29 is 28.6 Å². The fourth-order valence-electron chi connectivity index (χ4n) is 3.57. The second kappa shape index (κ2) is 8.83. The number of amides is 2. The quantitative estimate of drug-likeness (QED) is 0.544. The van der Waals surface area contributed by atoms with Gasteiger partial charge in [-0.3, -0.25) is 14.4 Å². The number of aliphatic hydroxyl groups is 1. The van der Waals surface area contributed by atoms with Crippen LogP contribution in [-0.4, -0.2) is 38.0 Å². The van der Waals surface area contributed by atoms with E-state index in [0.717, 1.165) is 10.8 Å². The van der Waals surface area contributed by atoms with Crippen LogP contribution >= 0.6 is 0 Å². The normalized spacial score (nSPS) is 15.3. The fourth-order valence-corrected chi connectivity index (χ4v) is 3.57. The molecule has 0 radical (unpaired) electrons. The van der Waals surface area contributed by atoms with Crippen LogP contribution in [0.4, 0.5) is 8.78 Å². The minimum absolute atomic E-state index is 0.00595. The maximum absolute atomic E-state index is 13.1. The molecule has 2 amide bonds. The Balaban J connectivity index is 1.58. The number of carbonyl (C=O) groups excluding carboxylic acids is 2. The Morgan fingerprint density at radius 2 is 1.58 bits per heavy atom. The molecule has 3 N–H and O–H groups in total. The summed E-state index contributed by atoms with van der Waals surface area (Å²) >= 11 is 0. The molecular formula is C23H19F2N3O5. The van der Waals surface area contributed by atoms with Crippen LogP contribution in [0.25, 0.3) is 0 Å².